The Morgan fingerprint density at radius 1 is 0.944 bits per heavy atom. The molecule has 0 spiro atoms. The third kappa shape index (κ3) is 9.76. The lowest BCUT2D eigenvalue weighted by Gasteiger charge is -2.23. The summed E-state index contributed by atoms with van der Waals surface area (Å²) < 4.78 is 15.5. The second kappa shape index (κ2) is 13.2. The Morgan fingerprint density at radius 2 is 1.44 bits per heavy atom. The molecular weight excluding hydrogens is 246 g/mol. The standard InChI is InChI=1S/C7H15N.C6H16O3Si/c1-3-5-6-7(8)4-2;1-5-6-10(7-2,8-3)9-4/h8H,3-6H2,1-2H3;5-6H2,1-4H3. The fraction of sp³-hybridized carbons (Fsp3) is 0.923. The molecule has 1 N–H and O–H groups in total. The zero-order chi connectivity index (χ0) is 14.4. The fourth-order valence-corrected chi connectivity index (χ4v) is 3.15. The molecule has 0 aliphatic carbocycles. The molecule has 18 heavy (non-hydrogen) atoms. The summed E-state index contributed by atoms with van der Waals surface area (Å²) >= 11 is 0. The van der Waals surface area contributed by atoms with Gasteiger partial charge >= 0.3 is 8.80 Å². The Bertz CT molecular complexity index is 188. The molecule has 0 aliphatic heterocycles. The van der Waals surface area contributed by atoms with Gasteiger partial charge in [-0.15, -0.1) is 0 Å². The molecule has 4 nitrogen and oxygen atoms in total. The molecule has 0 heterocycles. The van der Waals surface area contributed by atoms with Gasteiger partial charge < -0.3 is 18.7 Å². The van der Waals surface area contributed by atoms with Crippen molar-refractivity contribution in [3.8, 4) is 0 Å². The van der Waals surface area contributed by atoms with Gasteiger partial charge in [0.2, 0.25) is 0 Å². The lowest BCUT2D eigenvalue weighted by Crippen LogP contribution is -2.42. The molecular formula is C13H31NO3Si. The van der Waals surface area contributed by atoms with E-state index in [4.69, 9.17) is 18.7 Å². The van der Waals surface area contributed by atoms with E-state index in [9.17, 15) is 0 Å². The summed E-state index contributed by atoms with van der Waals surface area (Å²) in [6, 6.07) is 0.885. The third-order valence-corrected chi connectivity index (χ3v) is 5.73. The Labute approximate surface area is 114 Å². The number of hydrogen-bond acceptors (Lipinski definition) is 4. The topological polar surface area (TPSA) is 51.5 Å². The van der Waals surface area contributed by atoms with Crippen molar-refractivity contribution in [2.75, 3.05) is 21.3 Å². The highest BCUT2D eigenvalue weighted by Gasteiger charge is 2.36. The summed E-state index contributed by atoms with van der Waals surface area (Å²) in [5.74, 6) is 0. The van der Waals surface area contributed by atoms with Crippen LogP contribution < -0.4 is 0 Å². The molecule has 110 valence electrons. The van der Waals surface area contributed by atoms with Gasteiger partial charge in [0, 0.05) is 33.1 Å². The van der Waals surface area contributed by atoms with E-state index in [1.54, 1.807) is 21.3 Å². The molecule has 0 aromatic rings. The minimum absolute atomic E-state index is 0.885. The van der Waals surface area contributed by atoms with Crippen LogP contribution in [0.4, 0.5) is 0 Å². The van der Waals surface area contributed by atoms with Crippen LogP contribution in [0.5, 0.6) is 0 Å². The van der Waals surface area contributed by atoms with Crippen LogP contribution in [0, 0.1) is 5.41 Å². The molecule has 0 radical (unpaired) electrons. The first kappa shape index (κ1) is 20.1. The fourth-order valence-electron chi connectivity index (χ4n) is 1.43. The van der Waals surface area contributed by atoms with Crippen LogP contribution in [-0.2, 0) is 13.3 Å². The highest BCUT2D eigenvalue weighted by atomic mass is 28.4. The first-order chi connectivity index (χ1) is 8.55. The van der Waals surface area contributed by atoms with Gasteiger partial charge in [0.25, 0.3) is 0 Å². The number of unbranched alkanes of at least 4 members (excludes halogenated alkanes) is 1. The van der Waals surface area contributed by atoms with E-state index in [-0.39, 0.29) is 0 Å². The van der Waals surface area contributed by atoms with Crippen molar-refractivity contribution in [2.24, 2.45) is 0 Å². The SMILES string of the molecule is CCCCC(=N)CC.CCC[Si](OC)(OC)OC. The minimum atomic E-state index is -2.22. The molecule has 0 bridgehead atoms. The van der Waals surface area contributed by atoms with Crippen LogP contribution in [-0.4, -0.2) is 35.8 Å². The average Bonchev–Trinajstić information content (AvgIpc) is 2.43. The van der Waals surface area contributed by atoms with Crippen LogP contribution in [0.25, 0.3) is 0 Å². The van der Waals surface area contributed by atoms with Crippen LogP contribution in [0.3, 0.4) is 0 Å². The summed E-state index contributed by atoms with van der Waals surface area (Å²) in [6.45, 7) is 6.28. The molecule has 5 heteroatoms. The van der Waals surface area contributed by atoms with Crippen molar-refractivity contribution < 1.29 is 13.3 Å². The maximum atomic E-state index is 7.24. The van der Waals surface area contributed by atoms with Gasteiger partial charge in [-0.25, -0.2) is 0 Å². The number of hydrogen-bond donors (Lipinski definition) is 1. The zero-order valence-electron chi connectivity index (χ0n) is 13.0. The van der Waals surface area contributed by atoms with E-state index in [1.807, 2.05) is 6.92 Å². The monoisotopic (exact) mass is 277 g/mol. The summed E-state index contributed by atoms with van der Waals surface area (Å²) in [6.07, 6.45) is 5.36. The van der Waals surface area contributed by atoms with Crippen molar-refractivity contribution in [1.29, 1.82) is 5.41 Å². The Kier molecular flexibility index (Phi) is 14.7. The van der Waals surface area contributed by atoms with Gasteiger partial charge in [0.1, 0.15) is 0 Å². The maximum absolute atomic E-state index is 7.24. The largest absolute Gasteiger partial charge is 0.500 e. The predicted octanol–water partition coefficient (Wildman–Crippen LogP) is 3.88. The Hall–Kier alpha value is -0.233. The molecule has 0 fully saturated rings. The lowest BCUT2D eigenvalue weighted by molar-refractivity contribution is 0.123. The predicted molar refractivity (Wildman–Crippen MR) is 79.4 cm³/mol. The number of nitrogens with one attached hydrogen (secondary N) is 1. The van der Waals surface area contributed by atoms with E-state index in [0.717, 1.165) is 31.0 Å². The van der Waals surface area contributed by atoms with Crippen molar-refractivity contribution in [3.63, 3.8) is 0 Å². The highest BCUT2D eigenvalue weighted by Crippen LogP contribution is 2.13. The lowest BCUT2D eigenvalue weighted by atomic mass is 10.1. The molecule has 0 aromatic carbocycles. The van der Waals surface area contributed by atoms with E-state index in [1.165, 1.54) is 12.8 Å². The third-order valence-electron chi connectivity index (χ3n) is 2.75. The van der Waals surface area contributed by atoms with Crippen molar-refractivity contribution >= 4 is 14.5 Å². The molecule has 0 saturated carbocycles. The molecule has 0 aliphatic rings. The molecule has 0 saturated heterocycles. The van der Waals surface area contributed by atoms with Crippen LogP contribution >= 0.6 is 0 Å². The Balaban J connectivity index is 0. The molecule has 0 unspecified atom stereocenters. The maximum Gasteiger partial charge on any atom is 0.500 e. The summed E-state index contributed by atoms with van der Waals surface area (Å²) in [4.78, 5) is 0. The number of rotatable bonds is 9. The van der Waals surface area contributed by atoms with Gasteiger partial charge in [0.15, 0.2) is 0 Å². The second-order valence-electron chi connectivity index (χ2n) is 4.11. The first-order valence-electron chi connectivity index (χ1n) is 6.77. The van der Waals surface area contributed by atoms with Crippen LogP contribution in [0.2, 0.25) is 6.04 Å². The van der Waals surface area contributed by atoms with Crippen LogP contribution in [0.15, 0.2) is 0 Å². The first-order valence-corrected chi connectivity index (χ1v) is 8.70. The van der Waals surface area contributed by atoms with Gasteiger partial charge in [-0.3, -0.25) is 0 Å². The van der Waals surface area contributed by atoms with E-state index in [0.29, 0.717) is 0 Å². The normalized spacial score (nSPS) is 10.8. The van der Waals surface area contributed by atoms with E-state index >= 15 is 0 Å². The van der Waals surface area contributed by atoms with Gasteiger partial charge in [0.05, 0.1) is 0 Å². The van der Waals surface area contributed by atoms with Gasteiger partial charge in [-0.2, -0.15) is 0 Å². The summed E-state index contributed by atoms with van der Waals surface area (Å²) in [7, 11) is 2.68. The van der Waals surface area contributed by atoms with Gasteiger partial charge in [-0.1, -0.05) is 33.6 Å². The minimum Gasteiger partial charge on any atom is -0.377 e. The highest BCUT2D eigenvalue weighted by molar-refractivity contribution is 6.60. The Morgan fingerprint density at radius 3 is 1.67 bits per heavy atom. The average molecular weight is 277 g/mol. The van der Waals surface area contributed by atoms with E-state index < -0.39 is 8.80 Å². The summed E-state index contributed by atoms with van der Waals surface area (Å²) in [5, 5.41) is 7.24. The zero-order valence-corrected chi connectivity index (χ0v) is 14.0. The van der Waals surface area contributed by atoms with Crippen molar-refractivity contribution in [3.05, 3.63) is 0 Å². The molecule has 0 amide bonds. The van der Waals surface area contributed by atoms with Gasteiger partial charge in [-0.05, 0) is 19.3 Å². The quantitative estimate of drug-likeness (QED) is 0.514. The second-order valence-corrected chi connectivity index (χ2v) is 7.20. The molecule has 0 aromatic heterocycles. The molecule has 0 atom stereocenters. The smallest absolute Gasteiger partial charge is 0.377 e. The van der Waals surface area contributed by atoms with E-state index in [2.05, 4.69) is 13.8 Å². The summed E-state index contributed by atoms with van der Waals surface area (Å²) in [5.41, 5.74) is 0.895. The van der Waals surface area contributed by atoms with Crippen LogP contribution in [0.1, 0.15) is 52.9 Å². The van der Waals surface area contributed by atoms with Crippen molar-refractivity contribution in [1.82, 2.24) is 0 Å². The van der Waals surface area contributed by atoms with Crippen molar-refractivity contribution in [2.45, 2.75) is 58.9 Å². The molecule has 0 rings (SSSR count).